The smallest absolute Gasteiger partial charge is 0.240 e. The Morgan fingerprint density at radius 3 is 2.53 bits per heavy atom. The van der Waals surface area contributed by atoms with Crippen LogP contribution in [0.15, 0.2) is 23.1 Å². The molecule has 0 atom stereocenters. The molecule has 5 nitrogen and oxygen atoms in total. The van der Waals surface area contributed by atoms with Crippen molar-refractivity contribution in [2.45, 2.75) is 24.7 Å². The van der Waals surface area contributed by atoms with Crippen molar-refractivity contribution in [3.63, 3.8) is 0 Å². The van der Waals surface area contributed by atoms with Gasteiger partial charge in [0.1, 0.15) is 4.90 Å². The average molecular weight is 257 g/mol. The zero-order chi connectivity index (χ0) is 13.1. The van der Waals surface area contributed by atoms with E-state index in [2.05, 4.69) is 6.92 Å². The van der Waals surface area contributed by atoms with Crippen LogP contribution in [0.1, 0.15) is 19.8 Å². The molecule has 0 fully saturated rings. The lowest BCUT2D eigenvalue weighted by Gasteiger charge is -2.21. The fraction of sp³-hybridized carbons (Fsp3) is 0.455. The predicted molar refractivity (Wildman–Crippen MR) is 70.4 cm³/mol. The number of benzene rings is 1. The number of para-hydroxylation sites is 1. The summed E-state index contributed by atoms with van der Waals surface area (Å²) in [4.78, 5) is 1.92. The number of nitrogens with two attached hydrogens (primary N) is 2. The van der Waals surface area contributed by atoms with Crippen LogP contribution in [-0.4, -0.2) is 22.0 Å². The molecule has 0 aliphatic rings. The van der Waals surface area contributed by atoms with Gasteiger partial charge in [-0.2, -0.15) is 0 Å². The summed E-state index contributed by atoms with van der Waals surface area (Å²) >= 11 is 0. The topological polar surface area (TPSA) is 89.4 Å². The summed E-state index contributed by atoms with van der Waals surface area (Å²) in [5.41, 5.74) is 6.76. The highest BCUT2D eigenvalue weighted by Gasteiger charge is 2.16. The highest BCUT2D eigenvalue weighted by Crippen LogP contribution is 2.28. The number of nitrogen functional groups attached to an aromatic ring is 1. The van der Waals surface area contributed by atoms with Gasteiger partial charge in [-0.05, 0) is 18.6 Å². The third kappa shape index (κ3) is 3.34. The number of hydrogen-bond acceptors (Lipinski definition) is 4. The van der Waals surface area contributed by atoms with Crippen molar-refractivity contribution < 1.29 is 8.42 Å². The van der Waals surface area contributed by atoms with Crippen molar-refractivity contribution in [1.29, 1.82) is 0 Å². The first kappa shape index (κ1) is 13.8. The van der Waals surface area contributed by atoms with Crippen molar-refractivity contribution in [1.82, 2.24) is 0 Å². The minimum atomic E-state index is -3.76. The molecule has 0 saturated carbocycles. The number of unbranched alkanes of at least 4 members (excludes halogenated alkanes) is 1. The van der Waals surface area contributed by atoms with Crippen LogP contribution in [0.4, 0.5) is 11.4 Å². The molecule has 0 aliphatic carbocycles. The summed E-state index contributed by atoms with van der Waals surface area (Å²) in [7, 11) is -1.88. The first-order chi connectivity index (χ1) is 7.88. The van der Waals surface area contributed by atoms with E-state index in [1.807, 2.05) is 11.9 Å². The normalized spacial score (nSPS) is 11.5. The Morgan fingerprint density at radius 1 is 1.35 bits per heavy atom. The third-order valence-electron chi connectivity index (χ3n) is 2.61. The molecule has 0 bridgehead atoms. The van der Waals surface area contributed by atoms with Crippen LogP contribution in [0.2, 0.25) is 0 Å². The maximum Gasteiger partial charge on any atom is 0.240 e. The first-order valence-corrected chi connectivity index (χ1v) is 7.05. The second-order valence-electron chi connectivity index (χ2n) is 4.01. The average Bonchev–Trinajstić information content (AvgIpc) is 2.24. The Kier molecular flexibility index (Phi) is 4.36. The Bertz CT molecular complexity index is 485. The summed E-state index contributed by atoms with van der Waals surface area (Å²) in [6, 6.07) is 4.86. The fourth-order valence-corrected chi connectivity index (χ4v) is 2.31. The summed E-state index contributed by atoms with van der Waals surface area (Å²) in [5.74, 6) is 0. The van der Waals surface area contributed by atoms with Gasteiger partial charge in [0.15, 0.2) is 0 Å². The standard InChI is InChI=1S/C11H19N3O2S/c1-3-4-8-14(2)9-6-5-7-10(11(9)12)17(13,15)16/h5-7H,3-4,8,12H2,1-2H3,(H2,13,15,16). The van der Waals surface area contributed by atoms with Crippen LogP contribution in [0.5, 0.6) is 0 Å². The molecule has 1 aromatic carbocycles. The van der Waals surface area contributed by atoms with E-state index in [-0.39, 0.29) is 10.6 Å². The van der Waals surface area contributed by atoms with Crippen LogP contribution in [0, 0.1) is 0 Å². The minimum absolute atomic E-state index is 0.0154. The van der Waals surface area contributed by atoms with Crippen molar-refractivity contribution in [2.24, 2.45) is 5.14 Å². The van der Waals surface area contributed by atoms with Crippen LogP contribution in [-0.2, 0) is 10.0 Å². The zero-order valence-corrected chi connectivity index (χ0v) is 11.0. The van der Waals surface area contributed by atoms with Crippen LogP contribution >= 0.6 is 0 Å². The third-order valence-corrected chi connectivity index (χ3v) is 3.58. The van der Waals surface area contributed by atoms with Gasteiger partial charge < -0.3 is 10.6 Å². The molecule has 4 N–H and O–H groups in total. The maximum absolute atomic E-state index is 11.3. The van der Waals surface area contributed by atoms with E-state index in [1.54, 1.807) is 12.1 Å². The van der Waals surface area contributed by atoms with E-state index >= 15 is 0 Å². The van der Waals surface area contributed by atoms with Gasteiger partial charge in [0.05, 0.1) is 11.4 Å². The van der Waals surface area contributed by atoms with E-state index in [0.29, 0.717) is 5.69 Å². The van der Waals surface area contributed by atoms with E-state index < -0.39 is 10.0 Å². The Labute approximate surface area is 102 Å². The van der Waals surface area contributed by atoms with Crippen LogP contribution in [0.25, 0.3) is 0 Å². The molecule has 1 aromatic rings. The number of sulfonamides is 1. The SMILES string of the molecule is CCCCN(C)c1cccc(S(N)(=O)=O)c1N. The van der Waals surface area contributed by atoms with E-state index in [0.717, 1.165) is 19.4 Å². The number of nitrogens with zero attached hydrogens (tertiary/aromatic N) is 1. The molecule has 96 valence electrons. The van der Waals surface area contributed by atoms with Gasteiger partial charge in [-0.25, -0.2) is 13.6 Å². The summed E-state index contributed by atoms with van der Waals surface area (Å²) < 4.78 is 22.6. The van der Waals surface area contributed by atoms with Gasteiger partial charge in [-0.3, -0.25) is 0 Å². The van der Waals surface area contributed by atoms with Crippen molar-refractivity contribution >= 4 is 21.4 Å². The zero-order valence-electron chi connectivity index (χ0n) is 10.2. The number of primary sulfonamides is 1. The highest BCUT2D eigenvalue weighted by atomic mass is 32.2. The van der Waals surface area contributed by atoms with E-state index in [4.69, 9.17) is 10.9 Å². The predicted octanol–water partition coefficient (Wildman–Crippen LogP) is 1.15. The minimum Gasteiger partial charge on any atom is -0.396 e. The quantitative estimate of drug-likeness (QED) is 0.774. The molecular weight excluding hydrogens is 238 g/mol. The fourth-order valence-electron chi connectivity index (χ4n) is 1.63. The van der Waals surface area contributed by atoms with Crippen LogP contribution < -0.4 is 15.8 Å². The monoisotopic (exact) mass is 257 g/mol. The summed E-state index contributed by atoms with van der Waals surface area (Å²) in [6.07, 6.45) is 2.09. The second-order valence-corrected chi connectivity index (χ2v) is 5.54. The van der Waals surface area contributed by atoms with Gasteiger partial charge in [0.2, 0.25) is 10.0 Å². The Balaban J connectivity index is 3.11. The van der Waals surface area contributed by atoms with E-state index in [1.165, 1.54) is 6.07 Å². The molecule has 1 rings (SSSR count). The molecular formula is C11H19N3O2S. The molecule has 0 aromatic heterocycles. The molecule has 0 heterocycles. The summed E-state index contributed by atoms with van der Waals surface area (Å²) in [6.45, 7) is 2.92. The van der Waals surface area contributed by atoms with Gasteiger partial charge in [0, 0.05) is 13.6 Å². The van der Waals surface area contributed by atoms with Crippen molar-refractivity contribution in [3.8, 4) is 0 Å². The van der Waals surface area contributed by atoms with Crippen LogP contribution in [0.3, 0.4) is 0 Å². The molecule has 0 amide bonds. The van der Waals surface area contributed by atoms with Gasteiger partial charge in [-0.1, -0.05) is 19.4 Å². The number of rotatable bonds is 5. The summed E-state index contributed by atoms with van der Waals surface area (Å²) in [5, 5.41) is 5.10. The lowest BCUT2D eigenvalue weighted by molar-refractivity contribution is 0.598. The van der Waals surface area contributed by atoms with Gasteiger partial charge in [0.25, 0.3) is 0 Å². The molecule has 17 heavy (non-hydrogen) atoms. The second kappa shape index (κ2) is 5.37. The first-order valence-electron chi connectivity index (χ1n) is 5.50. The lowest BCUT2D eigenvalue weighted by Crippen LogP contribution is -2.21. The molecule has 0 saturated heterocycles. The van der Waals surface area contributed by atoms with Crippen molar-refractivity contribution in [3.05, 3.63) is 18.2 Å². The maximum atomic E-state index is 11.3. The number of hydrogen-bond donors (Lipinski definition) is 2. The Morgan fingerprint density at radius 2 is 2.00 bits per heavy atom. The van der Waals surface area contributed by atoms with Crippen molar-refractivity contribution in [2.75, 3.05) is 24.2 Å². The Hall–Kier alpha value is -1.27. The van der Waals surface area contributed by atoms with E-state index in [9.17, 15) is 8.42 Å². The lowest BCUT2D eigenvalue weighted by atomic mass is 10.2. The number of anilines is 2. The highest BCUT2D eigenvalue weighted by molar-refractivity contribution is 7.89. The molecule has 0 spiro atoms. The molecule has 0 unspecified atom stereocenters. The largest absolute Gasteiger partial charge is 0.396 e. The molecule has 6 heteroatoms. The van der Waals surface area contributed by atoms with Gasteiger partial charge >= 0.3 is 0 Å². The molecule has 0 aliphatic heterocycles. The molecule has 0 radical (unpaired) electrons. The van der Waals surface area contributed by atoms with Gasteiger partial charge in [-0.15, -0.1) is 0 Å².